The third-order valence-corrected chi connectivity index (χ3v) is 12.3. The normalized spacial score (nSPS) is 24.8. The highest BCUT2D eigenvalue weighted by molar-refractivity contribution is 6.23. The number of carboxylic acid groups (broad SMARTS) is 1. The van der Waals surface area contributed by atoms with Gasteiger partial charge in [0, 0.05) is 17.5 Å². The third-order valence-electron chi connectivity index (χ3n) is 12.3. The molecule has 3 fully saturated rings. The van der Waals surface area contributed by atoms with Crippen molar-refractivity contribution in [3.05, 3.63) is 167 Å². The lowest BCUT2D eigenvalue weighted by Gasteiger charge is -2.50. The maximum atomic E-state index is 15.4. The van der Waals surface area contributed by atoms with Crippen molar-refractivity contribution in [2.75, 3.05) is 10.3 Å². The second-order valence-corrected chi connectivity index (χ2v) is 15.5. The van der Waals surface area contributed by atoms with Crippen molar-refractivity contribution in [3.63, 3.8) is 0 Å². The molecular formula is C47H39N3O8. The number of imide groups is 2. The van der Waals surface area contributed by atoms with Gasteiger partial charge in [0.15, 0.2) is 0 Å². The number of ether oxygens (including phenoxy) is 1. The summed E-state index contributed by atoms with van der Waals surface area (Å²) in [5.41, 5.74) is 5.68. The first kappa shape index (κ1) is 36.6. The molecule has 4 amide bonds. The Kier molecular flexibility index (Phi) is 8.95. The van der Waals surface area contributed by atoms with Crippen LogP contribution in [0.3, 0.4) is 0 Å². The molecule has 0 aromatic heterocycles. The van der Waals surface area contributed by atoms with Crippen molar-refractivity contribution in [2.24, 2.45) is 23.7 Å². The SMILES string of the molecule is Cc1ccc(NN2C(=O)C3CC4C(=CCC5C(=O)N(c6cccc(C(=O)O)c6)C(=O)C54)C(c4ccc(OCc5ccccc5)cc4O)C3(c3ccccc3)C2=O)cc1. The summed E-state index contributed by atoms with van der Waals surface area (Å²) in [6.07, 6.45) is 2.14. The van der Waals surface area contributed by atoms with Gasteiger partial charge in [0.1, 0.15) is 18.1 Å². The van der Waals surface area contributed by atoms with Crippen molar-refractivity contribution in [1.29, 1.82) is 0 Å². The fourth-order valence-electron chi connectivity index (χ4n) is 9.72. The highest BCUT2D eigenvalue weighted by atomic mass is 16.5. The zero-order chi connectivity index (χ0) is 40.3. The minimum absolute atomic E-state index is 0.0656. The maximum absolute atomic E-state index is 15.4. The quantitative estimate of drug-likeness (QED) is 0.105. The van der Waals surface area contributed by atoms with Gasteiger partial charge in [-0.25, -0.2) is 4.79 Å². The van der Waals surface area contributed by atoms with Crippen molar-refractivity contribution >= 4 is 41.0 Å². The molecule has 58 heavy (non-hydrogen) atoms. The van der Waals surface area contributed by atoms with E-state index in [-0.39, 0.29) is 36.4 Å². The molecule has 0 radical (unpaired) electrons. The van der Waals surface area contributed by atoms with E-state index in [4.69, 9.17) is 4.74 Å². The summed E-state index contributed by atoms with van der Waals surface area (Å²) in [5.74, 6) is -7.25. The number of carboxylic acids is 1. The number of hydrogen-bond donors (Lipinski definition) is 3. The lowest BCUT2D eigenvalue weighted by atomic mass is 9.49. The van der Waals surface area contributed by atoms with Crippen molar-refractivity contribution in [1.82, 2.24) is 5.01 Å². The van der Waals surface area contributed by atoms with Gasteiger partial charge in [-0.2, -0.15) is 5.01 Å². The Hall–Kier alpha value is -7.01. The summed E-state index contributed by atoms with van der Waals surface area (Å²) < 4.78 is 6.07. The molecule has 11 nitrogen and oxygen atoms in total. The van der Waals surface area contributed by atoms with Gasteiger partial charge < -0.3 is 14.9 Å². The van der Waals surface area contributed by atoms with Crippen molar-refractivity contribution in [2.45, 2.75) is 37.7 Å². The van der Waals surface area contributed by atoms with E-state index in [1.54, 1.807) is 24.3 Å². The van der Waals surface area contributed by atoms with Gasteiger partial charge >= 0.3 is 5.97 Å². The molecule has 2 heterocycles. The number of aromatic hydroxyl groups is 1. The average molecular weight is 774 g/mol. The second kappa shape index (κ2) is 14.2. The number of benzene rings is 5. The monoisotopic (exact) mass is 773 g/mol. The van der Waals surface area contributed by atoms with Crippen LogP contribution in [0.5, 0.6) is 11.5 Å². The first-order valence-electron chi connectivity index (χ1n) is 19.3. The number of carbonyl (C=O) groups is 5. The molecule has 5 aromatic carbocycles. The van der Waals surface area contributed by atoms with Crippen LogP contribution in [-0.2, 0) is 31.2 Å². The molecular weight excluding hydrogens is 735 g/mol. The summed E-state index contributed by atoms with van der Waals surface area (Å²) in [5, 5.41) is 22.8. The Bertz CT molecular complexity index is 2520. The van der Waals surface area contributed by atoms with E-state index >= 15 is 4.79 Å². The number of phenols is 1. The molecule has 9 rings (SSSR count). The van der Waals surface area contributed by atoms with E-state index in [0.29, 0.717) is 28.1 Å². The van der Waals surface area contributed by atoms with Crippen LogP contribution in [0, 0.1) is 30.6 Å². The number of carbonyl (C=O) groups excluding carboxylic acids is 4. The number of aryl methyl sites for hydroxylation is 1. The molecule has 5 aromatic rings. The minimum Gasteiger partial charge on any atom is -0.508 e. The van der Waals surface area contributed by atoms with Crippen LogP contribution in [0.25, 0.3) is 0 Å². The number of rotatable bonds is 9. The van der Waals surface area contributed by atoms with Crippen molar-refractivity contribution in [3.8, 4) is 11.5 Å². The van der Waals surface area contributed by atoms with Gasteiger partial charge in [0.05, 0.1) is 40.1 Å². The highest BCUT2D eigenvalue weighted by Gasteiger charge is 2.70. The minimum atomic E-state index is -1.57. The van der Waals surface area contributed by atoms with Crippen LogP contribution < -0.4 is 15.1 Å². The van der Waals surface area contributed by atoms with Gasteiger partial charge in [-0.05, 0) is 73.2 Å². The smallest absolute Gasteiger partial charge is 0.335 e. The number of amides is 4. The van der Waals surface area contributed by atoms with Gasteiger partial charge in [0.25, 0.3) is 11.8 Å². The van der Waals surface area contributed by atoms with E-state index in [9.17, 15) is 29.4 Å². The zero-order valence-corrected chi connectivity index (χ0v) is 31.4. The third kappa shape index (κ3) is 5.76. The zero-order valence-electron chi connectivity index (χ0n) is 31.4. The van der Waals surface area contributed by atoms with Crippen LogP contribution in [0.4, 0.5) is 11.4 Å². The second-order valence-electron chi connectivity index (χ2n) is 15.5. The Morgan fingerprint density at radius 2 is 1.53 bits per heavy atom. The summed E-state index contributed by atoms with van der Waals surface area (Å²) >= 11 is 0. The van der Waals surface area contributed by atoms with Gasteiger partial charge in [0.2, 0.25) is 11.8 Å². The molecule has 1 saturated carbocycles. The molecule has 11 heteroatoms. The topological polar surface area (TPSA) is 154 Å². The molecule has 3 N–H and O–H groups in total. The largest absolute Gasteiger partial charge is 0.508 e. The molecule has 2 aliphatic carbocycles. The summed E-state index contributed by atoms with van der Waals surface area (Å²) in [6.45, 7) is 2.19. The highest BCUT2D eigenvalue weighted by Crippen LogP contribution is 2.65. The Labute approximate surface area is 334 Å². The molecule has 4 aliphatic rings. The number of hydrazine groups is 1. The van der Waals surface area contributed by atoms with E-state index < -0.39 is 64.6 Å². The Morgan fingerprint density at radius 3 is 2.24 bits per heavy atom. The summed E-state index contributed by atoms with van der Waals surface area (Å²) in [4.78, 5) is 72.1. The van der Waals surface area contributed by atoms with E-state index in [2.05, 4.69) is 5.43 Å². The van der Waals surface area contributed by atoms with Crippen molar-refractivity contribution < 1.29 is 38.9 Å². The van der Waals surface area contributed by atoms with Crippen LogP contribution in [0.2, 0.25) is 0 Å². The van der Waals surface area contributed by atoms with E-state index in [1.807, 2.05) is 85.8 Å². The Balaban J connectivity index is 1.19. The molecule has 0 spiro atoms. The molecule has 6 atom stereocenters. The first-order chi connectivity index (χ1) is 28.1. The van der Waals surface area contributed by atoms with Crippen LogP contribution >= 0.6 is 0 Å². The molecule has 2 saturated heterocycles. The maximum Gasteiger partial charge on any atom is 0.335 e. The predicted octanol–water partition coefficient (Wildman–Crippen LogP) is 7.17. The summed E-state index contributed by atoms with van der Waals surface area (Å²) in [7, 11) is 0. The lowest BCUT2D eigenvalue weighted by Crippen LogP contribution is -2.53. The van der Waals surface area contributed by atoms with Crippen LogP contribution in [0.15, 0.2) is 139 Å². The molecule has 2 aliphatic heterocycles. The number of hydrogen-bond acceptors (Lipinski definition) is 8. The number of nitrogens with zero attached hydrogens (tertiary/aromatic N) is 2. The summed E-state index contributed by atoms with van der Waals surface area (Å²) in [6, 6.07) is 36.7. The fraction of sp³-hybridized carbons (Fsp3) is 0.213. The van der Waals surface area contributed by atoms with Gasteiger partial charge in [-0.1, -0.05) is 102 Å². The van der Waals surface area contributed by atoms with E-state index in [1.165, 1.54) is 30.3 Å². The number of aromatic carboxylic acids is 1. The number of allylic oxidation sites excluding steroid dienone is 2. The molecule has 0 bridgehead atoms. The molecule has 290 valence electrons. The fourth-order valence-corrected chi connectivity index (χ4v) is 9.72. The predicted molar refractivity (Wildman–Crippen MR) is 214 cm³/mol. The number of nitrogens with one attached hydrogen (secondary N) is 1. The first-order valence-corrected chi connectivity index (χ1v) is 19.3. The Morgan fingerprint density at radius 1 is 0.810 bits per heavy atom. The number of anilines is 2. The van der Waals surface area contributed by atoms with E-state index in [0.717, 1.165) is 21.0 Å². The molecule has 6 unspecified atom stereocenters. The average Bonchev–Trinajstić information content (AvgIpc) is 3.62. The van der Waals surface area contributed by atoms with Gasteiger partial charge in [-0.15, -0.1) is 0 Å². The standard InChI is InChI=1S/C47H39N3O8/c1-27-15-17-31(18-16-27)48-50-43(53)38-25-37-34(21-22-36-40(37)44(54)49(42(36)52)32-14-8-11-29(23-32)45(55)56)41(47(38,46(50)57)30-12-6-3-7-13-30)35-20-19-33(24-39(35)51)58-26-28-9-4-2-5-10-28/h2-21,23-24,36-38,40-41,48,51H,22,25-26H2,1H3,(H,55,56). The number of fused-ring (bicyclic) bond motifs is 4. The lowest BCUT2D eigenvalue weighted by molar-refractivity contribution is -0.138. The van der Waals surface area contributed by atoms with Crippen LogP contribution in [0.1, 0.15) is 51.4 Å². The number of phenolic OH excluding ortho intramolecular Hbond substituents is 1. The van der Waals surface area contributed by atoms with Crippen LogP contribution in [-0.4, -0.2) is 44.8 Å². The van der Waals surface area contributed by atoms with Gasteiger partial charge in [-0.3, -0.25) is 29.5 Å².